The van der Waals surface area contributed by atoms with Gasteiger partial charge in [-0.25, -0.2) is 0 Å². The molecule has 1 saturated heterocycles. The molecule has 1 aromatic rings. The number of benzene rings is 1. The number of morpholine rings is 1. The van der Waals surface area contributed by atoms with Crippen molar-refractivity contribution >= 4 is 27.5 Å². The highest BCUT2D eigenvalue weighted by molar-refractivity contribution is 7.90. The van der Waals surface area contributed by atoms with Gasteiger partial charge in [-0.15, -0.1) is 4.40 Å². The zero-order valence-electron chi connectivity index (χ0n) is 14.7. The summed E-state index contributed by atoms with van der Waals surface area (Å²) in [5.74, 6) is 0.616. The number of sulfonamides is 1. The van der Waals surface area contributed by atoms with Gasteiger partial charge >= 0.3 is 0 Å². The van der Waals surface area contributed by atoms with E-state index in [4.69, 9.17) is 4.74 Å². The van der Waals surface area contributed by atoms with E-state index < -0.39 is 10.0 Å². The fraction of sp³-hybridized carbons (Fsp3) is 0.529. The highest BCUT2D eigenvalue weighted by Gasteiger charge is 2.31. The summed E-state index contributed by atoms with van der Waals surface area (Å²) in [5.41, 5.74) is 0.947. The van der Waals surface area contributed by atoms with E-state index in [0.29, 0.717) is 55.9 Å². The van der Waals surface area contributed by atoms with Crippen molar-refractivity contribution in [3.8, 4) is 0 Å². The number of hydrogen-bond acceptors (Lipinski definition) is 5. The number of carbonyl (C=O) groups excluding carboxylic acids is 1. The van der Waals surface area contributed by atoms with Crippen LogP contribution in [0.15, 0.2) is 27.5 Å². The zero-order chi connectivity index (χ0) is 18.2. The van der Waals surface area contributed by atoms with Crippen molar-refractivity contribution in [1.29, 1.82) is 0 Å². The van der Waals surface area contributed by atoms with Crippen molar-refractivity contribution in [1.82, 2.24) is 4.90 Å². The van der Waals surface area contributed by atoms with E-state index in [9.17, 15) is 13.2 Å². The van der Waals surface area contributed by atoms with Gasteiger partial charge in [-0.1, -0.05) is 13.8 Å². The Morgan fingerprint density at radius 3 is 2.60 bits per heavy atom. The van der Waals surface area contributed by atoms with Crippen molar-refractivity contribution < 1.29 is 17.9 Å². The Balaban J connectivity index is 2.00. The third-order valence-corrected chi connectivity index (χ3v) is 5.65. The van der Waals surface area contributed by atoms with Crippen LogP contribution in [0.2, 0.25) is 0 Å². The van der Waals surface area contributed by atoms with Crippen LogP contribution in [-0.4, -0.2) is 57.9 Å². The standard InChI is InChI=1S/C17H23N3O4S/c1-12(2)11-20-13(3)18-25(22,23)16-10-14(4-5-15(16)20)17(21)19-6-8-24-9-7-19/h4-5,10,12H,6-9,11H2,1-3H3. The first-order valence-corrected chi connectivity index (χ1v) is 9.84. The zero-order valence-corrected chi connectivity index (χ0v) is 15.5. The lowest BCUT2D eigenvalue weighted by Gasteiger charge is -2.31. The van der Waals surface area contributed by atoms with Crippen molar-refractivity contribution in [3.63, 3.8) is 0 Å². The molecular weight excluding hydrogens is 342 g/mol. The predicted molar refractivity (Wildman–Crippen MR) is 95.6 cm³/mol. The number of nitrogens with zero attached hydrogens (tertiary/aromatic N) is 3. The van der Waals surface area contributed by atoms with Crippen LogP contribution >= 0.6 is 0 Å². The quantitative estimate of drug-likeness (QED) is 0.815. The van der Waals surface area contributed by atoms with Crippen molar-refractivity contribution in [3.05, 3.63) is 23.8 Å². The average molecular weight is 365 g/mol. The smallest absolute Gasteiger partial charge is 0.286 e. The molecule has 2 aliphatic rings. The van der Waals surface area contributed by atoms with Crippen LogP contribution in [0.1, 0.15) is 31.1 Å². The molecule has 1 fully saturated rings. The number of hydrogen-bond donors (Lipinski definition) is 0. The molecule has 7 nitrogen and oxygen atoms in total. The van der Waals surface area contributed by atoms with E-state index >= 15 is 0 Å². The minimum Gasteiger partial charge on any atom is -0.378 e. The largest absolute Gasteiger partial charge is 0.378 e. The summed E-state index contributed by atoms with van der Waals surface area (Å²) < 4.78 is 34.1. The number of anilines is 1. The first kappa shape index (κ1) is 17.9. The normalized spacial score (nSPS) is 19.6. The number of amidine groups is 1. The van der Waals surface area contributed by atoms with Crippen LogP contribution in [0.4, 0.5) is 5.69 Å². The van der Waals surface area contributed by atoms with Gasteiger partial charge in [0.15, 0.2) is 0 Å². The molecule has 0 N–H and O–H groups in total. The Kier molecular flexibility index (Phi) is 4.83. The maximum absolute atomic E-state index is 12.6. The first-order chi connectivity index (χ1) is 11.8. The molecule has 0 aromatic heterocycles. The van der Waals surface area contributed by atoms with Crippen molar-refractivity contribution in [2.75, 3.05) is 37.7 Å². The summed E-state index contributed by atoms with van der Waals surface area (Å²) in [6.45, 7) is 8.50. The maximum Gasteiger partial charge on any atom is 0.286 e. The molecule has 3 rings (SSSR count). The summed E-state index contributed by atoms with van der Waals surface area (Å²) in [6.07, 6.45) is 0. The molecule has 25 heavy (non-hydrogen) atoms. The van der Waals surface area contributed by atoms with E-state index in [2.05, 4.69) is 18.2 Å². The summed E-state index contributed by atoms with van der Waals surface area (Å²) >= 11 is 0. The highest BCUT2D eigenvalue weighted by Crippen LogP contribution is 2.33. The third-order valence-electron chi connectivity index (χ3n) is 4.26. The van der Waals surface area contributed by atoms with Gasteiger partial charge in [0.25, 0.3) is 15.9 Å². The van der Waals surface area contributed by atoms with Gasteiger partial charge in [-0.2, -0.15) is 8.42 Å². The average Bonchev–Trinajstić information content (AvgIpc) is 2.58. The monoisotopic (exact) mass is 365 g/mol. The van der Waals surface area contributed by atoms with Gasteiger partial charge in [0.1, 0.15) is 10.7 Å². The molecular formula is C17H23N3O4S. The van der Waals surface area contributed by atoms with Gasteiger partial charge < -0.3 is 14.5 Å². The molecule has 136 valence electrons. The van der Waals surface area contributed by atoms with E-state index in [1.54, 1.807) is 24.0 Å². The lowest BCUT2D eigenvalue weighted by Crippen LogP contribution is -2.41. The SMILES string of the molecule is CC1=NS(=O)(=O)c2cc(C(=O)N3CCOCC3)ccc2N1CC(C)C. The Labute approximate surface area is 148 Å². The van der Waals surface area contributed by atoms with E-state index in [1.165, 1.54) is 6.07 Å². The fourth-order valence-electron chi connectivity index (χ4n) is 3.07. The number of amides is 1. The molecule has 2 heterocycles. The number of ether oxygens (including phenoxy) is 1. The topological polar surface area (TPSA) is 79.3 Å². The van der Waals surface area contributed by atoms with Crippen LogP contribution in [0, 0.1) is 5.92 Å². The molecule has 0 saturated carbocycles. The van der Waals surface area contributed by atoms with Crippen LogP contribution in [-0.2, 0) is 14.8 Å². The van der Waals surface area contributed by atoms with Crippen LogP contribution in [0.3, 0.4) is 0 Å². The van der Waals surface area contributed by atoms with Crippen LogP contribution in [0.25, 0.3) is 0 Å². The Hall–Kier alpha value is -1.93. The molecule has 8 heteroatoms. The van der Waals surface area contributed by atoms with E-state index in [-0.39, 0.29) is 10.8 Å². The fourth-order valence-corrected chi connectivity index (χ4v) is 4.33. The second-order valence-corrected chi connectivity index (χ2v) is 8.28. The summed E-state index contributed by atoms with van der Waals surface area (Å²) in [5, 5.41) is 0. The van der Waals surface area contributed by atoms with Gasteiger partial charge in [0.2, 0.25) is 0 Å². The van der Waals surface area contributed by atoms with E-state index in [0.717, 1.165) is 0 Å². The second kappa shape index (κ2) is 6.76. The second-order valence-electron chi connectivity index (χ2n) is 6.71. The summed E-state index contributed by atoms with van der Waals surface area (Å²) in [6, 6.07) is 4.85. The minimum absolute atomic E-state index is 0.0952. The number of rotatable bonds is 3. The van der Waals surface area contributed by atoms with Crippen molar-refractivity contribution in [2.24, 2.45) is 10.3 Å². The lowest BCUT2D eigenvalue weighted by molar-refractivity contribution is 0.0302. The molecule has 1 amide bonds. The van der Waals surface area contributed by atoms with Crippen molar-refractivity contribution in [2.45, 2.75) is 25.7 Å². The third kappa shape index (κ3) is 3.55. The molecule has 0 atom stereocenters. The molecule has 0 radical (unpaired) electrons. The van der Waals surface area contributed by atoms with E-state index in [1.807, 2.05) is 4.90 Å². The first-order valence-electron chi connectivity index (χ1n) is 8.40. The lowest BCUT2D eigenvalue weighted by atomic mass is 10.1. The molecule has 0 unspecified atom stereocenters. The van der Waals surface area contributed by atoms with Crippen LogP contribution < -0.4 is 4.90 Å². The molecule has 1 aromatic carbocycles. The van der Waals surface area contributed by atoms with Gasteiger partial charge in [0, 0.05) is 25.2 Å². The molecule has 0 bridgehead atoms. The van der Waals surface area contributed by atoms with Gasteiger partial charge in [-0.3, -0.25) is 4.79 Å². The highest BCUT2D eigenvalue weighted by atomic mass is 32.2. The minimum atomic E-state index is -3.80. The van der Waals surface area contributed by atoms with Gasteiger partial charge in [-0.05, 0) is 31.0 Å². The Morgan fingerprint density at radius 2 is 1.96 bits per heavy atom. The molecule has 2 aliphatic heterocycles. The maximum atomic E-state index is 12.6. The summed E-state index contributed by atoms with van der Waals surface area (Å²) in [7, 11) is -3.80. The van der Waals surface area contributed by atoms with Crippen LogP contribution in [0.5, 0.6) is 0 Å². The summed E-state index contributed by atoms with van der Waals surface area (Å²) in [4.78, 5) is 16.3. The Bertz CT molecular complexity index is 811. The number of fused-ring (bicyclic) bond motifs is 1. The molecule has 0 aliphatic carbocycles. The number of carbonyl (C=O) groups is 1. The van der Waals surface area contributed by atoms with Gasteiger partial charge in [0.05, 0.1) is 18.9 Å². The molecule has 0 spiro atoms. The predicted octanol–water partition coefficient (Wildman–Crippen LogP) is 1.74. The Morgan fingerprint density at radius 1 is 1.28 bits per heavy atom.